The number of Topliss-reactive ketones (excluding diaryl/α,β-unsaturated/α-hetero) is 1. The van der Waals surface area contributed by atoms with Crippen LogP contribution in [0, 0.1) is 6.92 Å². The van der Waals surface area contributed by atoms with Crippen molar-refractivity contribution in [3.8, 4) is 17.2 Å². The molecule has 1 heterocycles. The molecule has 0 spiro atoms. The average molecular weight is 368 g/mol. The zero-order chi connectivity index (χ0) is 19.6. The van der Waals surface area contributed by atoms with E-state index >= 15 is 0 Å². The Morgan fingerprint density at radius 1 is 1.11 bits per heavy atom. The minimum absolute atomic E-state index is 0.198. The van der Waals surface area contributed by atoms with Crippen molar-refractivity contribution in [3.05, 3.63) is 58.8 Å². The number of esters is 1. The van der Waals surface area contributed by atoms with E-state index in [1.54, 1.807) is 39.2 Å². The Morgan fingerprint density at radius 2 is 1.81 bits per heavy atom. The molecule has 0 radical (unpaired) electrons. The Morgan fingerprint density at radius 3 is 2.44 bits per heavy atom. The summed E-state index contributed by atoms with van der Waals surface area (Å²) < 4.78 is 21.2. The zero-order valence-electron chi connectivity index (χ0n) is 15.6. The SMILES string of the molecule is COC(=O)[C@H](C)Oc1ccc2c(c1C)O/C(=C\c1ccc(OC)cc1)C2=O. The molecule has 0 saturated heterocycles. The Balaban J connectivity index is 1.87. The molecule has 6 heteroatoms. The maximum absolute atomic E-state index is 12.6. The van der Waals surface area contributed by atoms with Crippen LogP contribution in [0.5, 0.6) is 17.2 Å². The lowest BCUT2D eigenvalue weighted by molar-refractivity contribution is -0.147. The van der Waals surface area contributed by atoms with Gasteiger partial charge in [0.2, 0.25) is 5.78 Å². The van der Waals surface area contributed by atoms with Gasteiger partial charge in [-0.15, -0.1) is 0 Å². The van der Waals surface area contributed by atoms with Crippen LogP contribution in [0.2, 0.25) is 0 Å². The molecule has 0 aromatic heterocycles. The first-order valence-electron chi connectivity index (χ1n) is 8.41. The second-order valence-electron chi connectivity index (χ2n) is 6.06. The van der Waals surface area contributed by atoms with E-state index in [0.717, 1.165) is 11.3 Å². The van der Waals surface area contributed by atoms with Crippen molar-refractivity contribution in [1.29, 1.82) is 0 Å². The number of hydrogen-bond acceptors (Lipinski definition) is 6. The number of carbonyl (C=O) groups excluding carboxylic acids is 2. The Hall–Kier alpha value is -3.28. The summed E-state index contributed by atoms with van der Waals surface area (Å²) in [5, 5.41) is 0. The summed E-state index contributed by atoms with van der Waals surface area (Å²) >= 11 is 0. The first-order valence-corrected chi connectivity index (χ1v) is 8.41. The molecule has 140 valence electrons. The van der Waals surface area contributed by atoms with Crippen LogP contribution in [0.4, 0.5) is 0 Å². The van der Waals surface area contributed by atoms with Gasteiger partial charge in [0.15, 0.2) is 11.9 Å². The number of rotatable bonds is 5. The lowest BCUT2D eigenvalue weighted by Crippen LogP contribution is -2.25. The molecule has 1 aliphatic rings. The van der Waals surface area contributed by atoms with Crippen molar-refractivity contribution in [1.82, 2.24) is 0 Å². The van der Waals surface area contributed by atoms with Crippen molar-refractivity contribution in [2.24, 2.45) is 0 Å². The number of ketones is 1. The van der Waals surface area contributed by atoms with Crippen LogP contribution < -0.4 is 14.2 Å². The molecule has 0 bridgehead atoms. The molecule has 3 rings (SSSR count). The predicted octanol–water partition coefficient (Wildman–Crippen LogP) is 3.56. The first kappa shape index (κ1) is 18.5. The molecule has 0 amide bonds. The van der Waals surface area contributed by atoms with Crippen LogP contribution in [0.3, 0.4) is 0 Å². The lowest BCUT2D eigenvalue weighted by atomic mass is 10.1. The summed E-state index contributed by atoms with van der Waals surface area (Å²) in [6.07, 6.45) is 0.914. The van der Waals surface area contributed by atoms with Gasteiger partial charge >= 0.3 is 5.97 Å². The number of hydrogen-bond donors (Lipinski definition) is 0. The highest BCUT2D eigenvalue weighted by atomic mass is 16.6. The summed E-state index contributed by atoms with van der Waals surface area (Å²) in [7, 11) is 2.90. The number of allylic oxidation sites excluding steroid dienone is 1. The molecule has 0 N–H and O–H groups in total. The van der Waals surface area contributed by atoms with E-state index in [-0.39, 0.29) is 11.5 Å². The highest BCUT2D eigenvalue weighted by Crippen LogP contribution is 2.39. The van der Waals surface area contributed by atoms with E-state index < -0.39 is 12.1 Å². The highest BCUT2D eigenvalue weighted by Gasteiger charge is 2.30. The molecule has 0 fully saturated rings. The van der Waals surface area contributed by atoms with Crippen LogP contribution >= 0.6 is 0 Å². The fourth-order valence-electron chi connectivity index (χ4n) is 2.75. The van der Waals surface area contributed by atoms with E-state index in [4.69, 9.17) is 14.2 Å². The minimum Gasteiger partial charge on any atom is -0.497 e. The third-order valence-corrected chi connectivity index (χ3v) is 4.29. The van der Waals surface area contributed by atoms with Crippen LogP contribution in [0.15, 0.2) is 42.2 Å². The van der Waals surface area contributed by atoms with E-state index in [9.17, 15) is 9.59 Å². The monoisotopic (exact) mass is 368 g/mol. The molecule has 1 aliphatic heterocycles. The molecule has 2 aromatic carbocycles. The standard InChI is InChI=1S/C21H20O6/c1-12-17(26-13(2)21(23)25-4)10-9-16-19(22)18(27-20(12)16)11-14-5-7-15(24-3)8-6-14/h5-11,13H,1-4H3/b18-11-/t13-/m0/s1. The zero-order valence-corrected chi connectivity index (χ0v) is 15.6. The summed E-state index contributed by atoms with van der Waals surface area (Å²) in [6, 6.07) is 10.6. The van der Waals surface area contributed by atoms with Crippen LogP contribution in [0.1, 0.15) is 28.4 Å². The van der Waals surface area contributed by atoms with Gasteiger partial charge in [-0.2, -0.15) is 0 Å². The van der Waals surface area contributed by atoms with Gasteiger partial charge in [-0.25, -0.2) is 4.79 Å². The van der Waals surface area contributed by atoms with E-state index in [0.29, 0.717) is 22.6 Å². The third kappa shape index (κ3) is 3.65. The van der Waals surface area contributed by atoms with Gasteiger partial charge in [-0.3, -0.25) is 4.79 Å². The average Bonchev–Trinajstić information content (AvgIpc) is 3.00. The second kappa shape index (κ2) is 7.53. The predicted molar refractivity (Wildman–Crippen MR) is 99.2 cm³/mol. The van der Waals surface area contributed by atoms with Gasteiger partial charge in [0.1, 0.15) is 17.2 Å². The van der Waals surface area contributed by atoms with Crippen molar-refractivity contribution >= 4 is 17.8 Å². The molecular weight excluding hydrogens is 348 g/mol. The second-order valence-corrected chi connectivity index (χ2v) is 6.06. The van der Waals surface area contributed by atoms with E-state index in [1.165, 1.54) is 7.11 Å². The highest BCUT2D eigenvalue weighted by molar-refractivity contribution is 6.15. The summed E-state index contributed by atoms with van der Waals surface area (Å²) in [5.41, 5.74) is 1.93. The van der Waals surface area contributed by atoms with Gasteiger partial charge in [0.25, 0.3) is 0 Å². The van der Waals surface area contributed by atoms with Crippen molar-refractivity contribution in [2.45, 2.75) is 20.0 Å². The Labute approximate surface area is 157 Å². The number of benzene rings is 2. The fraction of sp³-hybridized carbons (Fsp3) is 0.238. The molecule has 2 aromatic rings. The molecule has 27 heavy (non-hydrogen) atoms. The topological polar surface area (TPSA) is 71.1 Å². The lowest BCUT2D eigenvalue weighted by Gasteiger charge is -2.15. The first-order chi connectivity index (χ1) is 12.9. The summed E-state index contributed by atoms with van der Waals surface area (Å²) in [6.45, 7) is 3.38. The molecule has 6 nitrogen and oxygen atoms in total. The molecule has 1 atom stereocenters. The third-order valence-electron chi connectivity index (χ3n) is 4.29. The van der Waals surface area contributed by atoms with Crippen molar-refractivity contribution in [2.75, 3.05) is 14.2 Å². The molecule has 0 unspecified atom stereocenters. The minimum atomic E-state index is -0.766. The van der Waals surface area contributed by atoms with Crippen molar-refractivity contribution < 1.29 is 28.5 Å². The largest absolute Gasteiger partial charge is 0.497 e. The van der Waals surface area contributed by atoms with Gasteiger partial charge in [-0.05, 0) is 49.8 Å². The molecule has 0 aliphatic carbocycles. The quantitative estimate of drug-likeness (QED) is 0.594. The van der Waals surface area contributed by atoms with Crippen LogP contribution in [0.25, 0.3) is 6.08 Å². The number of ether oxygens (including phenoxy) is 4. The van der Waals surface area contributed by atoms with Gasteiger partial charge in [-0.1, -0.05) is 12.1 Å². The van der Waals surface area contributed by atoms with Crippen LogP contribution in [-0.2, 0) is 9.53 Å². The van der Waals surface area contributed by atoms with Crippen LogP contribution in [-0.4, -0.2) is 32.1 Å². The number of carbonyl (C=O) groups is 2. The summed E-state index contributed by atoms with van der Waals surface area (Å²) in [5.74, 6) is 1.19. The molecule has 0 saturated carbocycles. The fourth-order valence-corrected chi connectivity index (χ4v) is 2.75. The van der Waals surface area contributed by atoms with Gasteiger partial charge in [0, 0.05) is 5.56 Å². The maximum atomic E-state index is 12.6. The van der Waals surface area contributed by atoms with Gasteiger partial charge in [0.05, 0.1) is 19.8 Å². The Bertz CT molecular complexity index is 911. The molecular formula is C21H20O6. The Kier molecular flexibility index (Phi) is 5.16. The number of methoxy groups -OCH3 is 2. The summed E-state index contributed by atoms with van der Waals surface area (Å²) in [4.78, 5) is 24.2. The number of fused-ring (bicyclic) bond motifs is 1. The maximum Gasteiger partial charge on any atom is 0.346 e. The normalized spacial score (nSPS) is 15.1. The van der Waals surface area contributed by atoms with E-state index in [2.05, 4.69) is 4.74 Å². The smallest absolute Gasteiger partial charge is 0.346 e. The van der Waals surface area contributed by atoms with E-state index in [1.807, 2.05) is 24.3 Å². The van der Waals surface area contributed by atoms with Gasteiger partial charge < -0.3 is 18.9 Å². The van der Waals surface area contributed by atoms with Crippen molar-refractivity contribution in [3.63, 3.8) is 0 Å².